The molecule has 0 spiro atoms. The monoisotopic (exact) mass is 373 g/mol. The van der Waals surface area contributed by atoms with Crippen molar-refractivity contribution in [1.82, 2.24) is 9.99 Å². The summed E-state index contributed by atoms with van der Waals surface area (Å²) in [5, 5.41) is 4.17. The first-order chi connectivity index (χ1) is 13.5. The maximum Gasteiger partial charge on any atom is 0.240 e. The molecule has 1 aromatic heterocycles. The number of aryl methyl sites for hydroxylation is 4. The van der Waals surface area contributed by atoms with E-state index < -0.39 is 0 Å². The van der Waals surface area contributed by atoms with E-state index >= 15 is 0 Å². The minimum Gasteiger partial charge on any atom is -0.317 e. The molecule has 0 radical (unpaired) electrons. The van der Waals surface area contributed by atoms with E-state index in [4.69, 9.17) is 0 Å². The number of aromatic nitrogens is 1. The first-order valence-electron chi connectivity index (χ1n) is 9.58. The van der Waals surface area contributed by atoms with Crippen LogP contribution in [-0.2, 0) is 11.2 Å². The van der Waals surface area contributed by atoms with Gasteiger partial charge in [0, 0.05) is 23.4 Å². The highest BCUT2D eigenvalue weighted by Crippen LogP contribution is 2.25. The molecule has 3 aromatic rings. The van der Waals surface area contributed by atoms with Gasteiger partial charge in [0.25, 0.3) is 0 Å². The predicted molar refractivity (Wildman–Crippen MR) is 115 cm³/mol. The van der Waals surface area contributed by atoms with Crippen molar-refractivity contribution in [3.63, 3.8) is 0 Å². The topological polar surface area (TPSA) is 46.4 Å². The fraction of sp³-hybridized carbons (Fsp3) is 0.250. The average Bonchev–Trinajstić information content (AvgIpc) is 2.95. The first-order valence-corrected chi connectivity index (χ1v) is 9.58. The molecule has 3 rings (SSSR count). The minimum absolute atomic E-state index is 0.0799. The zero-order valence-electron chi connectivity index (χ0n) is 17.0. The van der Waals surface area contributed by atoms with Crippen molar-refractivity contribution in [3.05, 3.63) is 88.2 Å². The van der Waals surface area contributed by atoms with Crippen LogP contribution in [0, 0.1) is 27.7 Å². The van der Waals surface area contributed by atoms with Gasteiger partial charge >= 0.3 is 0 Å². The van der Waals surface area contributed by atoms with E-state index in [0.717, 1.165) is 22.5 Å². The lowest BCUT2D eigenvalue weighted by molar-refractivity contribution is -0.121. The van der Waals surface area contributed by atoms with Crippen molar-refractivity contribution >= 4 is 12.1 Å². The number of hydrogen-bond acceptors (Lipinski definition) is 2. The summed E-state index contributed by atoms with van der Waals surface area (Å²) < 4.78 is 2.25. The van der Waals surface area contributed by atoms with Crippen LogP contribution >= 0.6 is 0 Å². The second kappa shape index (κ2) is 8.70. The number of benzene rings is 2. The Morgan fingerprint density at radius 2 is 1.68 bits per heavy atom. The molecule has 1 amide bonds. The summed E-state index contributed by atoms with van der Waals surface area (Å²) in [6.07, 6.45) is 2.86. The summed E-state index contributed by atoms with van der Waals surface area (Å²) in [4.78, 5) is 12.0. The van der Waals surface area contributed by atoms with E-state index in [-0.39, 0.29) is 5.91 Å². The summed E-state index contributed by atoms with van der Waals surface area (Å²) in [6.45, 7) is 8.43. The van der Waals surface area contributed by atoms with Crippen LogP contribution in [0.25, 0.3) is 5.69 Å². The summed E-state index contributed by atoms with van der Waals surface area (Å²) in [5.41, 5.74) is 10.7. The molecule has 0 aliphatic heterocycles. The van der Waals surface area contributed by atoms with E-state index in [0.29, 0.717) is 12.8 Å². The summed E-state index contributed by atoms with van der Waals surface area (Å²) in [6, 6.07) is 18.4. The molecule has 1 N–H and O–H groups in total. The maximum absolute atomic E-state index is 12.0. The molecule has 0 atom stereocenters. The highest BCUT2D eigenvalue weighted by molar-refractivity contribution is 5.84. The van der Waals surface area contributed by atoms with E-state index in [1.54, 1.807) is 6.21 Å². The average molecular weight is 374 g/mol. The third-order valence-electron chi connectivity index (χ3n) is 5.01. The molecule has 0 aliphatic rings. The minimum atomic E-state index is -0.0799. The van der Waals surface area contributed by atoms with Gasteiger partial charge in [0.15, 0.2) is 0 Å². The third-order valence-corrected chi connectivity index (χ3v) is 5.01. The van der Waals surface area contributed by atoms with E-state index in [1.807, 2.05) is 30.3 Å². The molecule has 1 heterocycles. The number of nitrogens with zero attached hydrogens (tertiary/aromatic N) is 2. The Balaban J connectivity index is 1.69. The van der Waals surface area contributed by atoms with Crippen LogP contribution in [0.2, 0.25) is 0 Å². The van der Waals surface area contributed by atoms with Crippen molar-refractivity contribution in [2.75, 3.05) is 0 Å². The number of rotatable bonds is 6. The Bertz CT molecular complexity index is 980. The normalized spacial score (nSPS) is 11.1. The highest BCUT2D eigenvalue weighted by Gasteiger charge is 2.13. The van der Waals surface area contributed by atoms with Crippen LogP contribution in [0.5, 0.6) is 0 Å². The zero-order chi connectivity index (χ0) is 20.1. The molecular weight excluding hydrogens is 346 g/mol. The number of para-hydroxylation sites is 1. The van der Waals surface area contributed by atoms with Crippen LogP contribution in [0.1, 0.15) is 40.1 Å². The molecule has 0 unspecified atom stereocenters. The number of hydrogen-bond donors (Lipinski definition) is 1. The molecule has 0 saturated carbocycles. The van der Waals surface area contributed by atoms with E-state index in [1.165, 1.54) is 16.8 Å². The zero-order valence-corrected chi connectivity index (χ0v) is 17.0. The second-order valence-electron chi connectivity index (χ2n) is 7.18. The molecule has 4 heteroatoms. The van der Waals surface area contributed by atoms with Gasteiger partial charge in [-0.2, -0.15) is 5.10 Å². The van der Waals surface area contributed by atoms with Crippen LogP contribution in [-0.4, -0.2) is 16.7 Å². The van der Waals surface area contributed by atoms with E-state index in [9.17, 15) is 4.79 Å². The molecule has 0 aliphatic carbocycles. The van der Waals surface area contributed by atoms with Crippen LogP contribution in [0.3, 0.4) is 0 Å². The van der Waals surface area contributed by atoms with Gasteiger partial charge in [-0.3, -0.25) is 4.79 Å². The van der Waals surface area contributed by atoms with Gasteiger partial charge in [-0.05, 0) is 56.9 Å². The third kappa shape index (κ3) is 4.39. The molecule has 4 nitrogen and oxygen atoms in total. The van der Waals surface area contributed by atoms with Crippen molar-refractivity contribution in [1.29, 1.82) is 0 Å². The molecular formula is C24H27N3O. The van der Waals surface area contributed by atoms with Crippen molar-refractivity contribution in [3.8, 4) is 5.69 Å². The number of amides is 1. The largest absolute Gasteiger partial charge is 0.317 e. The molecule has 0 bridgehead atoms. The predicted octanol–water partition coefficient (Wildman–Crippen LogP) is 4.79. The van der Waals surface area contributed by atoms with Gasteiger partial charge < -0.3 is 4.57 Å². The van der Waals surface area contributed by atoms with Crippen LogP contribution < -0.4 is 5.43 Å². The van der Waals surface area contributed by atoms with Gasteiger partial charge in [0.1, 0.15) is 0 Å². The van der Waals surface area contributed by atoms with Gasteiger partial charge in [-0.25, -0.2) is 5.43 Å². The molecule has 144 valence electrons. The molecule has 0 fully saturated rings. The smallest absolute Gasteiger partial charge is 0.240 e. The van der Waals surface area contributed by atoms with Gasteiger partial charge in [-0.15, -0.1) is 0 Å². The number of nitrogens with one attached hydrogen (secondary N) is 1. The Morgan fingerprint density at radius 3 is 2.36 bits per heavy atom. The van der Waals surface area contributed by atoms with Gasteiger partial charge in [-0.1, -0.05) is 48.5 Å². The van der Waals surface area contributed by atoms with Crippen molar-refractivity contribution < 1.29 is 4.79 Å². The Morgan fingerprint density at radius 1 is 1.00 bits per heavy atom. The standard InChI is InChI=1S/C24H27N3O/c1-17-9-8-10-18(2)24(17)27-19(3)15-22(20(27)4)16-25-26-23(28)14-13-21-11-6-5-7-12-21/h5-12,15-16H,13-14H2,1-4H3,(H,26,28)/b25-16-. The molecule has 2 aromatic carbocycles. The van der Waals surface area contributed by atoms with Gasteiger partial charge in [0.05, 0.1) is 11.9 Å². The SMILES string of the molecule is Cc1cccc(C)c1-n1c(C)cc(/C=N\NC(=O)CCc2ccccc2)c1C. The van der Waals surface area contributed by atoms with Crippen molar-refractivity contribution in [2.24, 2.45) is 5.10 Å². The molecule has 28 heavy (non-hydrogen) atoms. The summed E-state index contributed by atoms with van der Waals surface area (Å²) in [7, 11) is 0. The number of hydrazone groups is 1. The Hall–Kier alpha value is -3.14. The fourth-order valence-electron chi connectivity index (χ4n) is 3.55. The first kappa shape index (κ1) is 19.6. The summed E-state index contributed by atoms with van der Waals surface area (Å²) in [5.74, 6) is -0.0799. The number of carbonyl (C=O) groups excluding carboxylic acids is 1. The van der Waals surface area contributed by atoms with Crippen LogP contribution in [0.15, 0.2) is 59.7 Å². The lowest BCUT2D eigenvalue weighted by atomic mass is 10.1. The highest BCUT2D eigenvalue weighted by atomic mass is 16.2. The summed E-state index contributed by atoms with van der Waals surface area (Å²) >= 11 is 0. The fourth-order valence-corrected chi connectivity index (χ4v) is 3.55. The quantitative estimate of drug-likeness (QED) is 0.490. The van der Waals surface area contributed by atoms with E-state index in [2.05, 4.69) is 67.1 Å². The second-order valence-corrected chi connectivity index (χ2v) is 7.18. The Labute approximate surface area is 166 Å². The number of carbonyl (C=O) groups is 1. The van der Waals surface area contributed by atoms with Crippen molar-refractivity contribution in [2.45, 2.75) is 40.5 Å². The molecule has 0 saturated heterocycles. The maximum atomic E-state index is 12.0. The lowest BCUT2D eigenvalue weighted by Crippen LogP contribution is -2.17. The van der Waals surface area contributed by atoms with Gasteiger partial charge in [0.2, 0.25) is 5.91 Å². The van der Waals surface area contributed by atoms with Crippen LogP contribution in [0.4, 0.5) is 0 Å². The lowest BCUT2D eigenvalue weighted by Gasteiger charge is -2.15. The Kier molecular flexibility index (Phi) is 6.09.